The van der Waals surface area contributed by atoms with Gasteiger partial charge in [-0.25, -0.2) is 4.79 Å². The van der Waals surface area contributed by atoms with Gasteiger partial charge in [-0.1, -0.05) is 12.1 Å². The molecule has 0 aliphatic carbocycles. The molecule has 0 bridgehead atoms. The van der Waals surface area contributed by atoms with E-state index >= 15 is 0 Å². The van der Waals surface area contributed by atoms with Gasteiger partial charge in [-0.3, -0.25) is 0 Å². The number of aliphatic hydroxyl groups is 1. The standard InChI is InChI=1S/C19H21NO4/c1-19(2,3)24-18(22)15-16(14-10-7-11-23-14)20(4)13-9-6-5-8-12(13)17(15)21/h5-11,16,21H,1-4H3. The number of furan rings is 1. The van der Waals surface area contributed by atoms with Crippen LogP contribution in [0.15, 0.2) is 52.7 Å². The Morgan fingerprint density at radius 3 is 2.54 bits per heavy atom. The van der Waals surface area contributed by atoms with Gasteiger partial charge in [0.1, 0.15) is 28.7 Å². The summed E-state index contributed by atoms with van der Waals surface area (Å²) in [7, 11) is 1.86. The van der Waals surface area contributed by atoms with Crippen LogP contribution in [0.3, 0.4) is 0 Å². The van der Waals surface area contributed by atoms with Crippen molar-refractivity contribution in [1.29, 1.82) is 0 Å². The van der Waals surface area contributed by atoms with E-state index in [-0.39, 0.29) is 11.3 Å². The lowest BCUT2D eigenvalue weighted by Crippen LogP contribution is -2.36. The predicted molar refractivity (Wildman–Crippen MR) is 91.7 cm³/mol. The molecular weight excluding hydrogens is 306 g/mol. The minimum absolute atomic E-state index is 0.0700. The number of carbonyl (C=O) groups excluding carboxylic acids is 1. The van der Waals surface area contributed by atoms with Gasteiger partial charge in [-0.2, -0.15) is 0 Å². The molecular formula is C19H21NO4. The average Bonchev–Trinajstić information content (AvgIpc) is 3.02. The summed E-state index contributed by atoms with van der Waals surface area (Å²) in [6, 6.07) is 10.4. The summed E-state index contributed by atoms with van der Waals surface area (Å²) in [5.41, 5.74) is 0.946. The molecule has 1 aromatic heterocycles. The van der Waals surface area contributed by atoms with Gasteiger partial charge < -0.3 is 19.2 Å². The van der Waals surface area contributed by atoms with Gasteiger partial charge in [0.25, 0.3) is 0 Å². The summed E-state index contributed by atoms with van der Waals surface area (Å²) in [5, 5.41) is 10.8. The number of benzene rings is 1. The summed E-state index contributed by atoms with van der Waals surface area (Å²) in [6.45, 7) is 5.39. The van der Waals surface area contributed by atoms with E-state index < -0.39 is 17.6 Å². The highest BCUT2D eigenvalue weighted by Gasteiger charge is 2.39. The Hall–Kier alpha value is -2.69. The largest absolute Gasteiger partial charge is 0.507 e. The van der Waals surface area contributed by atoms with Crippen LogP contribution in [0.1, 0.15) is 38.1 Å². The number of anilines is 1. The monoisotopic (exact) mass is 327 g/mol. The Morgan fingerprint density at radius 2 is 1.92 bits per heavy atom. The van der Waals surface area contributed by atoms with E-state index in [0.29, 0.717) is 11.3 Å². The first kappa shape index (κ1) is 16.2. The molecule has 0 saturated heterocycles. The molecule has 0 fully saturated rings. The van der Waals surface area contributed by atoms with Crippen molar-refractivity contribution >= 4 is 17.4 Å². The lowest BCUT2D eigenvalue weighted by molar-refractivity contribution is -0.150. The van der Waals surface area contributed by atoms with Crippen molar-refractivity contribution in [3.05, 3.63) is 59.6 Å². The van der Waals surface area contributed by atoms with Crippen molar-refractivity contribution < 1.29 is 19.1 Å². The van der Waals surface area contributed by atoms with Crippen molar-refractivity contribution in [2.24, 2.45) is 0 Å². The van der Waals surface area contributed by atoms with Crippen LogP contribution in [-0.2, 0) is 9.53 Å². The molecule has 0 radical (unpaired) electrons. The second kappa shape index (κ2) is 5.74. The zero-order valence-corrected chi connectivity index (χ0v) is 14.2. The minimum Gasteiger partial charge on any atom is -0.507 e. The third-order valence-corrected chi connectivity index (χ3v) is 3.89. The van der Waals surface area contributed by atoms with Gasteiger partial charge in [0, 0.05) is 18.3 Å². The first-order chi connectivity index (χ1) is 11.3. The van der Waals surface area contributed by atoms with Crippen LogP contribution in [0.4, 0.5) is 5.69 Å². The van der Waals surface area contributed by atoms with E-state index in [0.717, 1.165) is 5.69 Å². The fourth-order valence-electron chi connectivity index (χ4n) is 2.91. The third-order valence-electron chi connectivity index (χ3n) is 3.89. The van der Waals surface area contributed by atoms with Crippen LogP contribution in [0.25, 0.3) is 5.76 Å². The molecule has 1 unspecified atom stereocenters. The normalized spacial score (nSPS) is 17.7. The molecule has 2 aromatic rings. The third kappa shape index (κ3) is 2.77. The number of aliphatic hydroxyl groups excluding tert-OH is 1. The molecule has 1 aromatic carbocycles. The van der Waals surface area contributed by atoms with Crippen molar-refractivity contribution in [1.82, 2.24) is 0 Å². The summed E-state index contributed by atoms with van der Waals surface area (Å²) in [6.07, 6.45) is 1.55. The Bertz CT molecular complexity index is 784. The summed E-state index contributed by atoms with van der Waals surface area (Å²) < 4.78 is 11.0. The SMILES string of the molecule is CN1c2ccccc2C(O)=C(C(=O)OC(C)(C)C)C1c1ccco1. The Morgan fingerprint density at radius 1 is 1.21 bits per heavy atom. The molecule has 5 nitrogen and oxygen atoms in total. The highest BCUT2D eigenvalue weighted by molar-refractivity contribution is 6.01. The van der Waals surface area contributed by atoms with Crippen LogP contribution < -0.4 is 4.90 Å². The Labute approximate surface area is 141 Å². The number of carbonyl (C=O) groups is 1. The predicted octanol–water partition coefficient (Wildman–Crippen LogP) is 4.08. The number of esters is 1. The fourth-order valence-corrected chi connectivity index (χ4v) is 2.91. The lowest BCUT2D eigenvalue weighted by atomic mass is 9.92. The first-order valence-corrected chi connectivity index (χ1v) is 7.81. The molecule has 0 spiro atoms. The number of para-hydroxylation sites is 1. The molecule has 5 heteroatoms. The Balaban J connectivity index is 2.17. The van der Waals surface area contributed by atoms with E-state index in [1.807, 2.05) is 30.1 Å². The van der Waals surface area contributed by atoms with E-state index in [1.165, 1.54) is 0 Å². The number of ether oxygens (including phenoxy) is 1. The van der Waals surface area contributed by atoms with Crippen LogP contribution in [0.5, 0.6) is 0 Å². The summed E-state index contributed by atoms with van der Waals surface area (Å²) in [4.78, 5) is 14.7. The topological polar surface area (TPSA) is 62.9 Å². The number of nitrogens with zero attached hydrogens (tertiary/aromatic N) is 1. The van der Waals surface area contributed by atoms with Crippen LogP contribution in [0, 0.1) is 0 Å². The maximum atomic E-state index is 12.8. The first-order valence-electron chi connectivity index (χ1n) is 7.81. The van der Waals surface area contributed by atoms with Crippen LogP contribution >= 0.6 is 0 Å². The van der Waals surface area contributed by atoms with E-state index in [2.05, 4.69) is 0 Å². The van der Waals surface area contributed by atoms with Crippen molar-refractivity contribution in [3.8, 4) is 0 Å². The summed E-state index contributed by atoms with van der Waals surface area (Å²) in [5.74, 6) is -0.0542. The molecule has 126 valence electrons. The number of hydrogen-bond acceptors (Lipinski definition) is 5. The zero-order chi connectivity index (χ0) is 17.5. The van der Waals surface area contributed by atoms with Gasteiger partial charge in [0.2, 0.25) is 0 Å². The van der Waals surface area contributed by atoms with Gasteiger partial charge in [-0.05, 0) is 45.0 Å². The highest BCUT2D eigenvalue weighted by atomic mass is 16.6. The van der Waals surface area contributed by atoms with Gasteiger partial charge in [-0.15, -0.1) is 0 Å². The number of fused-ring (bicyclic) bond motifs is 1. The minimum atomic E-state index is -0.659. The molecule has 1 aliphatic rings. The quantitative estimate of drug-likeness (QED) is 0.842. The van der Waals surface area contributed by atoms with Crippen LogP contribution in [0.2, 0.25) is 0 Å². The van der Waals surface area contributed by atoms with E-state index in [9.17, 15) is 9.90 Å². The number of rotatable bonds is 2. The Kier molecular flexibility index (Phi) is 3.87. The van der Waals surface area contributed by atoms with Crippen LogP contribution in [-0.4, -0.2) is 23.7 Å². The molecule has 0 amide bonds. The highest BCUT2D eigenvalue weighted by Crippen LogP contribution is 2.43. The second-order valence-corrected chi connectivity index (χ2v) is 6.81. The number of hydrogen-bond donors (Lipinski definition) is 1. The van der Waals surface area contributed by atoms with Crippen molar-refractivity contribution in [2.45, 2.75) is 32.4 Å². The molecule has 1 N–H and O–H groups in total. The molecule has 24 heavy (non-hydrogen) atoms. The molecule has 1 aliphatic heterocycles. The van der Waals surface area contributed by atoms with E-state index in [1.54, 1.807) is 45.2 Å². The lowest BCUT2D eigenvalue weighted by Gasteiger charge is -2.36. The van der Waals surface area contributed by atoms with Gasteiger partial charge in [0.15, 0.2) is 0 Å². The fraction of sp³-hybridized carbons (Fsp3) is 0.316. The summed E-state index contributed by atoms with van der Waals surface area (Å²) >= 11 is 0. The van der Waals surface area contributed by atoms with Crippen molar-refractivity contribution in [3.63, 3.8) is 0 Å². The molecule has 2 heterocycles. The van der Waals surface area contributed by atoms with Gasteiger partial charge >= 0.3 is 5.97 Å². The molecule has 3 rings (SSSR count). The maximum absolute atomic E-state index is 12.8. The maximum Gasteiger partial charge on any atom is 0.340 e. The molecule has 0 saturated carbocycles. The van der Waals surface area contributed by atoms with E-state index in [4.69, 9.17) is 9.15 Å². The van der Waals surface area contributed by atoms with Gasteiger partial charge in [0.05, 0.1) is 6.26 Å². The van der Waals surface area contributed by atoms with Crippen molar-refractivity contribution in [2.75, 3.05) is 11.9 Å². The number of likely N-dealkylation sites (N-methyl/N-ethyl adjacent to an activating group) is 1. The second-order valence-electron chi connectivity index (χ2n) is 6.81. The zero-order valence-electron chi connectivity index (χ0n) is 14.2. The molecule has 1 atom stereocenters. The average molecular weight is 327 g/mol. The smallest absolute Gasteiger partial charge is 0.340 e.